The Balaban J connectivity index is 1.77. The molecular weight excluding hydrogens is 330 g/mol. The molecule has 118 valence electrons. The number of carbonyl (C=O) groups is 1. The number of rotatable bonds is 3. The van der Waals surface area contributed by atoms with Crippen molar-refractivity contribution in [2.24, 2.45) is 0 Å². The number of piperazine rings is 1. The van der Waals surface area contributed by atoms with Crippen molar-refractivity contribution < 1.29 is 4.79 Å². The van der Waals surface area contributed by atoms with E-state index in [4.69, 9.17) is 11.6 Å². The molecule has 1 aliphatic heterocycles. The number of hydrogen-bond acceptors (Lipinski definition) is 4. The third-order valence-corrected chi connectivity index (χ3v) is 5.23. The fourth-order valence-corrected chi connectivity index (χ4v) is 3.89. The van der Waals surface area contributed by atoms with Crippen LogP contribution in [0.15, 0.2) is 36.4 Å². The second kappa shape index (κ2) is 6.71. The number of para-hydroxylation sites is 1. The Hall–Kier alpha value is -1.87. The number of amides is 1. The summed E-state index contributed by atoms with van der Waals surface area (Å²) in [6, 6.07) is 13.5. The number of benzene rings is 1. The Labute approximate surface area is 144 Å². The normalized spacial score (nSPS) is 18.9. The van der Waals surface area contributed by atoms with Gasteiger partial charge in [-0.1, -0.05) is 23.7 Å². The van der Waals surface area contributed by atoms with E-state index in [1.807, 2.05) is 30.3 Å². The van der Waals surface area contributed by atoms with Crippen LogP contribution in [-0.4, -0.2) is 29.9 Å². The van der Waals surface area contributed by atoms with Crippen molar-refractivity contribution in [3.63, 3.8) is 0 Å². The van der Waals surface area contributed by atoms with Gasteiger partial charge in [-0.2, -0.15) is 5.26 Å². The maximum absolute atomic E-state index is 12.6. The van der Waals surface area contributed by atoms with Crippen molar-refractivity contribution in [1.82, 2.24) is 4.90 Å². The molecule has 0 N–H and O–H groups in total. The van der Waals surface area contributed by atoms with E-state index in [0.717, 1.165) is 15.8 Å². The molecule has 0 saturated carbocycles. The van der Waals surface area contributed by atoms with Crippen LogP contribution in [0, 0.1) is 11.3 Å². The highest BCUT2D eigenvalue weighted by Gasteiger charge is 2.31. The van der Waals surface area contributed by atoms with E-state index < -0.39 is 0 Å². The van der Waals surface area contributed by atoms with Crippen LogP contribution in [0.5, 0.6) is 0 Å². The van der Waals surface area contributed by atoms with Gasteiger partial charge in [0.25, 0.3) is 0 Å². The summed E-state index contributed by atoms with van der Waals surface area (Å²) in [4.78, 5) is 17.6. The third-order valence-electron chi connectivity index (χ3n) is 4.01. The van der Waals surface area contributed by atoms with E-state index in [1.54, 1.807) is 22.3 Å². The maximum atomic E-state index is 12.6. The Bertz CT molecular complexity index is 767. The molecule has 2 aromatic rings. The van der Waals surface area contributed by atoms with Crippen molar-refractivity contribution in [1.29, 1.82) is 5.26 Å². The molecule has 1 amide bonds. The van der Waals surface area contributed by atoms with Crippen LogP contribution in [0.4, 0.5) is 5.69 Å². The van der Waals surface area contributed by atoms with Gasteiger partial charge < -0.3 is 4.90 Å². The number of thiophene rings is 1. The quantitative estimate of drug-likeness (QED) is 0.855. The molecule has 6 heteroatoms. The molecule has 0 aliphatic carbocycles. The van der Waals surface area contributed by atoms with Crippen LogP contribution < -0.4 is 4.90 Å². The summed E-state index contributed by atoms with van der Waals surface area (Å²) >= 11 is 7.52. The first kappa shape index (κ1) is 16.0. The van der Waals surface area contributed by atoms with E-state index in [1.165, 1.54) is 0 Å². The van der Waals surface area contributed by atoms with Gasteiger partial charge in [-0.25, -0.2) is 0 Å². The summed E-state index contributed by atoms with van der Waals surface area (Å²) < 4.78 is 0.764. The highest BCUT2D eigenvalue weighted by molar-refractivity contribution is 7.16. The molecule has 1 saturated heterocycles. The summed E-state index contributed by atoms with van der Waals surface area (Å²) in [6.07, 6.45) is 0. The van der Waals surface area contributed by atoms with E-state index in [-0.39, 0.29) is 11.9 Å². The minimum atomic E-state index is 0.0217. The first-order valence-corrected chi connectivity index (χ1v) is 8.55. The minimum Gasteiger partial charge on any atom is -0.308 e. The Kier molecular flexibility index (Phi) is 4.67. The average Bonchev–Trinajstić information content (AvgIpc) is 2.95. The first-order chi connectivity index (χ1) is 11.1. The van der Waals surface area contributed by atoms with Gasteiger partial charge in [-0.15, -0.1) is 11.3 Å². The Morgan fingerprint density at radius 2 is 2.13 bits per heavy atom. The van der Waals surface area contributed by atoms with Crippen LogP contribution in [0.1, 0.15) is 17.4 Å². The van der Waals surface area contributed by atoms with Crippen molar-refractivity contribution in [3.05, 3.63) is 51.2 Å². The SMILES string of the molecule is C[C@@H]1CN(c2ccccc2C#N)C(=O)CN1Cc1ccc(Cl)s1. The van der Waals surface area contributed by atoms with E-state index in [2.05, 4.69) is 17.9 Å². The molecule has 1 aromatic heterocycles. The second-order valence-corrected chi connectivity index (χ2v) is 7.39. The first-order valence-electron chi connectivity index (χ1n) is 7.36. The Morgan fingerprint density at radius 3 is 2.83 bits per heavy atom. The molecule has 23 heavy (non-hydrogen) atoms. The van der Waals surface area contributed by atoms with Gasteiger partial charge in [-0.3, -0.25) is 9.69 Å². The van der Waals surface area contributed by atoms with Gasteiger partial charge in [0.05, 0.1) is 22.1 Å². The predicted molar refractivity (Wildman–Crippen MR) is 92.7 cm³/mol. The lowest BCUT2D eigenvalue weighted by Crippen LogP contribution is -2.55. The molecular formula is C17H16ClN3OS. The summed E-state index contributed by atoms with van der Waals surface area (Å²) in [5.74, 6) is 0.0217. The van der Waals surface area contributed by atoms with Gasteiger partial charge in [0.1, 0.15) is 6.07 Å². The van der Waals surface area contributed by atoms with Gasteiger partial charge in [-0.05, 0) is 31.2 Å². The fourth-order valence-electron chi connectivity index (χ4n) is 2.78. The third kappa shape index (κ3) is 3.40. The van der Waals surface area contributed by atoms with Crippen LogP contribution in [0.3, 0.4) is 0 Å². The van der Waals surface area contributed by atoms with Crippen molar-refractivity contribution >= 4 is 34.5 Å². The smallest absolute Gasteiger partial charge is 0.241 e. The van der Waals surface area contributed by atoms with Gasteiger partial charge in [0.15, 0.2) is 0 Å². The zero-order valence-electron chi connectivity index (χ0n) is 12.7. The van der Waals surface area contributed by atoms with E-state index in [0.29, 0.717) is 24.3 Å². The van der Waals surface area contributed by atoms with Gasteiger partial charge in [0.2, 0.25) is 5.91 Å². The number of nitrogens with zero attached hydrogens (tertiary/aromatic N) is 3. The molecule has 2 heterocycles. The average molecular weight is 346 g/mol. The Morgan fingerprint density at radius 1 is 1.35 bits per heavy atom. The van der Waals surface area contributed by atoms with Crippen molar-refractivity contribution in [3.8, 4) is 6.07 Å². The zero-order chi connectivity index (χ0) is 16.4. The standard InChI is InChI=1S/C17H16ClN3OS/c1-12-9-21(15-5-3-2-4-13(15)8-19)17(22)11-20(12)10-14-6-7-16(18)23-14/h2-7,12H,9-11H2,1H3/t12-/m1/s1. The van der Waals surface area contributed by atoms with Crippen molar-refractivity contribution in [2.45, 2.75) is 19.5 Å². The lowest BCUT2D eigenvalue weighted by atomic mass is 10.1. The minimum absolute atomic E-state index is 0.0217. The number of anilines is 1. The van der Waals surface area contributed by atoms with Gasteiger partial charge in [0, 0.05) is 24.0 Å². The van der Waals surface area contributed by atoms with Crippen LogP contribution in [0.2, 0.25) is 4.34 Å². The fraction of sp³-hybridized carbons (Fsp3) is 0.294. The lowest BCUT2D eigenvalue weighted by Gasteiger charge is -2.39. The van der Waals surface area contributed by atoms with Crippen LogP contribution >= 0.6 is 22.9 Å². The molecule has 1 aromatic carbocycles. The number of nitriles is 1. The monoisotopic (exact) mass is 345 g/mol. The highest BCUT2D eigenvalue weighted by Crippen LogP contribution is 2.27. The number of carbonyl (C=O) groups excluding carboxylic acids is 1. The van der Waals surface area contributed by atoms with E-state index >= 15 is 0 Å². The summed E-state index contributed by atoms with van der Waals surface area (Å²) in [5.41, 5.74) is 1.23. The van der Waals surface area contributed by atoms with Crippen LogP contribution in [0.25, 0.3) is 0 Å². The van der Waals surface area contributed by atoms with Crippen molar-refractivity contribution in [2.75, 3.05) is 18.0 Å². The highest BCUT2D eigenvalue weighted by atomic mass is 35.5. The molecule has 0 unspecified atom stereocenters. The zero-order valence-corrected chi connectivity index (χ0v) is 14.3. The van der Waals surface area contributed by atoms with Gasteiger partial charge >= 0.3 is 0 Å². The van der Waals surface area contributed by atoms with E-state index in [9.17, 15) is 10.1 Å². The predicted octanol–water partition coefficient (Wildman–Crippen LogP) is 3.51. The number of halogens is 1. The summed E-state index contributed by atoms with van der Waals surface area (Å²) in [7, 11) is 0. The molecule has 1 fully saturated rings. The topological polar surface area (TPSA) is 47.3 Å². The molecule has 1 aliphatic rings. The summed E-state index contributed by atoms with van der Waals surface area (Å²) in [5, 5.41) is 9.24. The molecule has 0 bridgehead atoms. The van der Waals surface area contributed by atoms with Crippen LogP contribution in [-0.2, 0) is 11.3 Å². The molecule has 0 spiro atoms. The summed E-state index contributed by atoms with van der Waals surface area (Å²) in [6.45, 7) is 3.74. The lowest BCUT2D eigenvalue weighted by molar-refractivity contribution is -0.122. The molecule has 0 radical (unpaired) electrons. The largest absolute Gasteiger partial charge is 0.308 e. The molecule has 4 nitrogen and oxygen atoms in total. The molecule has 3 rings (SSSR count). The maximum Gasteiger partial charge on any atom is 0.241 e. The second-order valence-electron chi connectivity index (χ2n) is 5.59. The number of hydrogen-bond donors (Lipinski definition) is 0. The molecule has 1 atom stereocenters.